The number of allylic oxidation sites excluding steroid dienone is 1. The van der Waals surface area contributed by atoms with E-state index in [4.69, 9.17) is 0 Å². The molecule has 0 saturated heterocycles. The Morgan fingerprint density at radius 2 is 1.82 bits per heavy atom. The van der Waals surface area contributed by atoms with E-state index in [1.807, 2.05) is 0 Å². The largest absolute Gasteiger partial charge is 0.408 e. The van der Waals surface area contributed by atoms with Crippen LogP contribution in [0, 0.1) is 0 Å². The lowest BCUT2D eigenvalue weighted by Crippen LogP contribution is -2.38. The number of rotatable bonds is 6. The molecule has 3 rings (SSSR count). The molecule has 0 amide bonds. The van der Waals surface area contributed by atoms with Crippen molar-refractivity contribution < 1.29 is 31.4 Å². The van der Waals surface area contributed by atoms with Gasteiger partial charge in [0.1, 0.15) is 11.9 Å². The van der Waals surface area contributed by atoms with Crippen molar-refractivity contribution in [1.82, 2.24) is 15.0 Å². The SMILES string of the molecule is CC[C@@H](Nc1nc(NC2CC2)nc(C2=C(F)C(O)C(F)(F)CC2)n1)C(F)(F)F. The van der Waals surface area contributed by atoms with E-state index in [1.54, 1.807) is 0 Å². The van der Waals surface area contributed by atoms with Gasteiger partial charge in [0.05, 0.1) is 0 Å². The topological polar surface area (TPSA) is 83.0 Å². The van der Waals surface area contributed by atoms with Gasteiger partial charge in [-0.1, -0.05) is 6.92 Å². The van der Waals surface area contributed by atoms with E-state index in [0.717, 1.165) is 12.8 Å². The van der Waals surface area contributed by atoms with E-state index in [2.05, 4.69) is 25.6 Å². The molecule has 156 valence electrons. The molecule has 2 aliphatic carbocycles. The first-order chi connectivity index (χ1) is 13.0. The van der Waals surface area contributed by atoms with Crippen molar-refractivity contribution in [1.29, 1.82) is 0 Å². The molecule has 1 heterocycles. The highest BCUT2D eigenvalue weighted by molar-refractivity contribution is 5.66. The zero-order valence-electron chi connectivity index (χ0n) is 14.8. The third-order valence-electron chi connectivity index (χ3n) is 4.56. The van der Waals surface area contributed by atoms with Gasteiger partial charge in [0.25, 0.3) is 5.92 Å². The first-order valence-corrected chi connectivity index (χ1v) is 8.82. The molecule has 0 aromatic carbocycles. The van der Waals surface area contributed by atoms with E-state index in [-0.39, 0.29) is 29.8 Å². The maximum atomic E-state index is 14.3. The fourth-order valence-electron chi connectivity index (χ4n) is 2.74. The summed E-state index contributed by atoms with van der Waals surface area (Å²) in [6, 6.07) is -1.91. The number of aliphatic hydroxyl groups excluding tert-OH is 1. The van der Waals surface area contributed by atoms with Gasteiger partial charge in [0.2, 0.25) is 11.9 Å². The van der Waals surface area contributed by atoms with E-state index in [9.17, 15) is 31.4 Å². The average Bonchev–Trinajstić information content (AvgIpc) is 3.40. The van der Waals surface area contributed by atoms with E-state index >= 15 is 0 Å². The number of aromatic nitrogens is 3. The standard InChI is InChI=1S/C16H19F6N5O/c1-2-9(16(20,21)22)24-14-26-12(25-13(27-14)23-7-3-4-7)8-5-6-15(18,19)11(28)10(8)17/h7,9,11,28H,2-6H2,1H3,(H2,23,24,25,26,27)/t9-,11?/m1/s1. The van der Waals surface area contributed by atoms with Gasteiger partial charge in [-0.25, -0.2) is 13.2 Å². The normalized spacial score (nSPS) is 23.5. The molecule has 1 unspecified atom stereocenters. The van der Waals surface area contributed by atoms with Crippen LogP contribution in [0.5, 0.6) is 0 Å². The van der Waals surface area contributed by atoms with Crippen LogP contribution < -0.4 is 10.6 Å². The quantitative estimate of drug-likeness (QED) is 0.620. The van der Waals surface area contributed by atoms with Gasteiger partial charge in [-0.15, -0.1) is 0 Å². The molecule has 1 fully saturated rings. The van der Waals surface area contributed by atoms with Crippen LogP contribution in [0.15, 0.2) is 5.83 Å². The second-order valence-corrected chi connectivity index (χ2v) is 6.86. The molecule has 1 aromatic rings. The van der Waals surface area contributed by atoms with Crippen molar-refractivity contribution in [2.24, 2.45) is 0 Å². The fourth-order valence-corrected chi connectivity index (χ4v) is 2.74. The van der Waals surface area contributed by atoms with Crippen molar-refractivity contribution in [3.8, 4) is 0 Å². The maximum Gasteiger partial charge on any atom is 0.408 e. The summed E-state index contributed by atoms with van der Waals surface area (Å²) in [6.45, 7) is 1.32. The molecule has 2 atom stereocenters. The smallest absolute Gasteiger partial charge is 0.380 e. The van der Waals surface area contributed by atoms with Crippen LogP contribution in [0.2, 0.25) is 0 Å². The predicted octanol–water partition coefficient (Wildman–Crippen LogP) is 3.67. The number of aliphatic hydroxyl groups is 1. The number of nitrogens with zero attached hydrogens (tertiary/aromatic N) is 3. The number of hydrogen-bond acceptors (Lipinski definition) is 6. The third kappa shape index (κ3) is 4.47. The Morgan fingerprint density at radius 3 is 2.39 bits per heavy atom. The molecule has 0 spiro atoms. The molecular formula is C16H19F6N5O. The van der Waals surface area contributed by atoms with Crippen molar-refractivity contribution in [3.63, 3.8) is 0 Å². The lowest BCUT2D eigenvalue weighted by molar-refractivity contribution is -0.143. The van der Waals surface area contributed by atoms with Crippen LogP contribution in [0.3, 0.4) is 0 Å². The molecule has 0 aliphatic heterocycles. The van der Waals surface area contributed by atoms with Gasteiger partial charge in [-0.05, 0) is 25.7 Å². The second kappa shape index (κ2) is 7.37. The highest BCUT2D eigenvalue weighted by atomic mass is 19.4. The second-order valence-electron chi connectivity index (χ2n) is 6.86. The molecule has 12 heteroatoms. The minimum absolute atomic E-state index is 0.0350. The number of alkyl halides is 5. The first-order valence-electron chi connectivity index (χ1n) is 8.82. The summed E-state index contributed by atoms with van der Waals surface area (Å²) < 4.78 is 80.4. The molecule has 2 aliphatic rings. The van der Waals surface area contributed by atoms with Crippen LogP contribution in [-0.2, 0) is 0 Å². The van der Waals surface area contributed by atoms with Crippen molar-refractivity contribution in [2.75, 3.05) is 10.6 Å². The lowest BCUT2D eigenvalue weighted by Gasteiger charge is -2.28. The van der Waals surface area contributed by atoms with Crippen molar-refractivity contribution in [3.05, 3.63) is 11.7 Å². The Hall–Kier alpha value is -2.11. The molecule has 6 nitrogen and oxygen atoms in total. The number of nitrogens with one attached hydrogen (secondary N) is 2. The molecule has 1 aromatic heterocycles. The zero-order chi connectivity index (χ0) is 20.7. The minimum Gasteiger partial charge on any atom is -0.380 e. The molecule has 0 bridgehead atoms. The van der Waals surface area contributed by atoms with Crippen LogP contribution >= 0.6 is 0 Å². The average molecular weight is 411 g/mol. The Bertz CT molecular complexity index is 764. The van der Waals surface area contributed by atoms with E-state index in [0.29, 0.717) is 0 Å². The first kappa shape index (κ1) is 20.6. The fraction of sp³-hybridized carbons (Fsp3) is 0.688. The number of halogens is 6. The van der Waals surface area contributed by atoms with Crippen LogP contribution in [0.4, 0.5) is 38.2 Å². The van der Waals surface area contributed by atoms with Gasteiger partial charge in [-0.3, -0.25) is 0 Å². The van der Waals surface area contributed by atoms with Crippen LogP contribution in [0.1, 0.15) is 44.9 Å². The molecule has 3 N–H and O–H groups in total. The summed E-state index contributed by atoms with van der Waals surface area (Å²) in [5.74, 6) is -6.05. The Kier molecular flexibility index (Phi) is 5.43. The highest BCUT2D eigenvalue weighted by Crippen LogP contribution is 2.41. The Balaban J connectivity index is 1.97. The summed E-state index contributed by atoms with van der Waals surface area (Å²) >= 11 is 0. The zero-order valence-corrected chi connectivity index (χ0v) is 14.8. The molecule has 0 radical (unpaired) electrons. The Morgan fingerprint density at radius 1 is 1.18 bits per heavy atom. The van der Waals surface area contributed by atoms with Crippen molar-refractivity contribution in [2.45, 2.75) is 69.3 Å². The van der Waals surface area contributed by atoms with Crippen LogP contribution in [0.25, 0.3) is 5.57 Å². The number of anilines is 2. The van der Waals surface area contributed by atoms with Gasteiger partial charge in [-0.2, -0.15) is 28.1 Å². The van der Waals surface area contributed by atoms with E-state index in [1.165, 1.54) is 6.92 Å². The van der Waals surface area contributed by atoms with Crippen molar-refractivity contribution >= 4 is 17.5 Å². The summed E-state index contributed by atoms with van der Waals surface area (Å²) in [5, 5.41) is 14.5. The molecular weight excluding hydrogens is 392 g/mol. The summed E-state index contributed by atoms with van der Waals surface area (Å²) in [7, 11) is 0. The maximum absolute atomic E-state index is 14.3. The number of hydrogen-bond donors (Lipinski definition) is 3. The van der Waals surface area contributed by atoms with E-state index < -0.39 is 48.9 Å². The summed E-state index contributed by atoms with van der Waals surface area (Å²) in [5.41, 5.74) is -0.372. The predicted molar refractivity (Wildman–Crippen MR) is 88.4 cm³/mol. The Labute approximate surface area is 156 Å². The van der Waals surface area contributed by atoms with Gasteiger partial charge >= 0.3 is 6.18 Å². The minimum atomic E-state index is -4.57. The highest BCUT2D eigenvalue weighted by Gasteiger charge is 2.46. The molecule has 28 heavy (non-hydrogen) atoms. The third-order valence-corrected chi connectivity index (χ3v) is 4.56. The summed E-state index contributed by atoms with van der Waals surface area (Å²) in [4.78, 5) is 11.6. The summed E-state index contributed by atoms with van der Waals surface area (Å²) in [6.07, 6.45) is -7.22. The van der Waals surface area contributed by atoms with Gasteiger partial charge in [0, 0.05) is 18.0 Å². The lowest BCUT2D eigenvalue weighted by atomic mass is 9.92. The van der Waals surface area contributed by atoms with Crippen LogP contribution in [-0.4, -0.2) is 50.3 Å². The van der Waals surface area contributed by atoms with Gasteiger partial charge < -0.3 is 15.7 Å². The van der Waals surface area contributed by atoms with Gasteiger partial charge in [0.15, 0.2) is 11.9 Å². The monoisotopic (exact) mass is 411 g/mol. The molecule has 1 saturated carbocycles.